The number of amides is 3. The van der Waals surface area contributed by atoms with Gasteiger partial charge >= 0.3 is 12.2 Å². The Morgan fingerprint density at radius 2 is 1.83 bits per heavy atom. The molecule has 0 unspecified atom stereocenters. The number of tetrazole rings is 1. The molecule has 0 aliphatic rings. The Morgan fingerprint density at radius 1 is 1.07 bits per heavy atom. The van der Waals surface area contributed by atoms with E-state index in [4.69, 9.17) is 0 Å². The largest absolute Gasteiger partial charge is 0.416 e. The van der Waals surface area contributed by atoms with Crippen molar-refractivity contribution < 1.29 is 22.8 Å². The Hall–Kier alpha value is -3.76. The van der Waals surface area contributed by atoms with Gasteiger partial charge in [0.05, 0.1) is 5.56 Å². The van der Waals surface area contributed by atoms with Crippen molar-refractivity contribution in [1.29, 1.82) is 0 Å². The normalized spacial score (nSPS) is 11.2. The molecule has 0 saturated heterocycles. The molecule has 3 amide bonds. The number of benzene rings is 2. The first-order valence-corrected chi connectivity index (χ1v) is 8.75. The highest BCUT2D eigenvalue weighted by Crippen LogP contribution is 2.31. The third kappa shape index (κ3) is 5.19. The van der Waals surface area contributed by atoms with Crippen molar-refractivity contribution in [3.8, 4) is 11.4 Å². The molecule has 2 aromatic carbocycles. The van der Waals surface area contributed by atoms with Crippen LogP contribution in [0.1, 0.15) is 16.7 Å². The standard InChI is InChI=1S/C19H17F3N6O2/c1-11-6-7-15(8-12(11)2)23-18(30)24-16(29)10-28-26-17(25-27-28)13-4-3-5-14(9-13)19(20,21)22/h3-9H,10H2,1-2H3,(H2,23,24,29,30). The van der Waals surface area contributed by atoms with Crippen LogP contribution in [-0.2, 0) is 17.5 Å². The van der Waals surface area contributed by atoms with E-state index in [1.807, 2.05) is 19.9 Å². The number of urea groups is 1. The predicted molar refractivity (Wildman–Crippen MR) is 101 cm³/mol. The summed E-state index contributed by atoms with van der Waals surface area (Å²) < 4.78 is 38.5. The molecule has 0 bridgehead atoms. The Morgan fingerprint density at radius 3 is 2.53 bits per heavy atom. The van der Waals surface area contributed by atoms with Crippen molar-refractivity contribution in [2.45, 2.75) is 26.6 Å². The first-order chi connectivity index (χ1) is 14.1. The maximum absolute atomic E-state index is 12.8. The maximum atomic E-state index is 12.8. The van der Waals surface area contributed by atoms with Crippen LogP contribution in [0.4, 0.5) is 23.7 Å². The van der Waals surface area contributed by atoms with Gasteiger partial charge in [-0.3, -0.25) is 10.1 Å². The van der Waals surface area contributed by atoms with Gasteiger partial charge in [0.25, 0.3) is 5.91 Å². The van der Waals surface area contributed by atoms with E-state index in [9.17, 15) is 22.8 Å². The van der Waals surface area contributed by atoms with Gasteiger partial charge in [0.2, 0.25) is 5.82 Å². The molecule has 0 atom stereocenters. The lowest BCUT2D eigenvalue weighted by Gasteiger charge is -2.08. The average molecular weight is 418 g/mol. The van der Waals surface area contributed by atoms with Gasteiger partial charge in [-0.05, 0) is 54.5 Å². The van der Waals surface area contributed by atoms with Gasteiger partial charge in [-0.15, -0.1) is 10.2 Å². The summed E-state index contributed by atoms with van der Waals surface area (Å²) in [5, 5.41) is 15.8. The summed E-state index contributed by atoms with van der Waals surface area (Å²) in [7, 11) is 0. The number of nitrogens with zero attached hydrogens (tertiary/aromatic N) is 4. The number of carbonyl (C=O) groups excluding carboxylic acids is 2. The van der Waals surface area contributed by atoms with Gasteiger partial charge < -0.3 is 5.32 Å². The number of hydrogen-bond acceptors (Lipinski definition) is 5. The van der Waals surface area contributed by atoms with Crippen LogP contribution < -0.4 is 10.6 Å². The number of carbonyl (C=O) groups is 2. The van der Waals surface area contributed by atoms with Crippen LogP contribution in [0.5, 0.6) is 0 Å². The molecule has 156 valence electrons. The summed E-state index contributed by atoms with van der Waals surface area (Å²) in [5.41, 5.74) is 1.81. The van der Waals surface area contributed by atoms with Gasteiger partial charge in [0, 0.05) is 11.3 Å². The zero-order valence-corrected chi connectivity index (χ0v) is 16.0. The number of nitrogens with one attached hydrogen (secondary N) is 2. The minimum atomic E-state index is -4.50. The SMILES string of the molecule is Cc1ccc(NC(=O)NC(=O)Cn2nnc(-c3cccc(C(F)(F)F)c3)n2)cc1C. The van der Waals surface area contributed by atoms with Crippen molar-refractivity contribution in [3.63, 3.8) is 0 Å². The van der Waals surface area contributed by atoms with Crippen molar-refractivity contribution in [2.75, 3.05) is 5.32 Å². The van der Waals surface area contributed by atoms with E-state index >= 15 is 0 Å². The number of halogens is 3. The minimum absolute atomic E-state index is 0.0755. The Balaban J connectivity index is 1.61. The van der Waals surface area contributed by atoms with Crippen molar-refractivity contribution in [1.82, 2.24) is 25.5 Å². The highest BCUT2D eigenvalue weighted by molar-refractivity contribution is 6.01. The third-order valence-corrected chi connectivity index (χ3v) is 4.20. The lowest BCUT2D eigenvalue weighted by molar-refractivity contribution is -0.137. The molecule has 8 nitrogen and oxygen atoms in total. The summed E-state index contributed by atoms with van der Waals surface area (Å²) >= 11 is 0. The van der Waals surface area contributed by atoms with Gasteiger partial charge in [-0.2, -0.15) is 18.0 Å². The van der Waals surface area contributed by atoms with Crippen molar-refractivity contribution in [2.24, 2.45) is 0 Å². The number of imide groups is 1. The lowest BCUT2D eigenvalue weighted by Crippen LogP contribution is -2.37. The lowest BCUT2D eigenvalue weighted by atomic mass is 10.1. The molecule has 0 aliphatic carbocycles. The Labute approximate surface area is 169 Å². The molecule has 0 saturated carbocycles. The van der Waals surface area contributed by atoms with E-state index < -0.39 is 30.2 Å². The van der Waals surface area contributed by atoms with E-state index in [1.54, 1.807) is 12.1 Å². The van der Waals surface area contributed by atoms with E-state index in [0.29, 0.717) is 5.69 Å². The van der Waals surface area contributed by atoms with E-state index in [-0.39, 0.29) is 11.4 Å². The van der Waals surface area contributed by atoms with Crippen LogP contribution in [0, 0.1) is 13.8 Å². The fraction of sp³-hybridized carbons (Fsp3) is 0.211. The first kappa shape index (κ1) is 21.0. The summed E-state index contributed by atoms with van der Waals surface area (Å²) in [4.78, 5) is 24.9. The molecule has 1 heterocycles. The molecule has 0 radical (unpaired) electrons. The zero-order valence-electron chi connectivity index (χ0n) is 16.0. The van der Waals surface area contributed by atoms with Crippen molar-refractivity contribution >= 4 is 17.6 Å². The Kier molecular flexibility index (Phi) is 5.81. The van der Waals surface area contributed by atoms with Crippen LogP contribution in [0.25, 0.3) is 11.4 Å². The van der Waals surface area contributed by atoms with Gasteiger partial charge in [-0.25, -0.2) is 4.79 Å². The van der Waals surface area contributed by atoms with Crippen molar-refractivity contribution in [3.05, 3.63) is 59.2 Å². The zero-order chi connectivity index (χ0) is 21.9. The number of aryl methyl sites for hydroxylation is 2. The van der Waals surface area contributed by atoms with E-state index in [0.717, 1.165) is 28.1 Å². The summed E-state index contributed by atoms with van der Waals surface area (Å²) in [6.45, 7) is 3.38. The fourth-order valence-electron chi connectivity index (χ4n) is 2.54. The molecule has 30 heavy (non-hydrogen) atoms. The van der Waals surface area contributed by atoms with E-state index in [2.05, 4.69) is 26.0 Å². The van der Waals surface area contributed by atoms with Gasteiger partial charge in [-0.1, -0.05) is 18.2 Å². The minimum Gasteiger partial charge on any atom is -0.308 e. The number of alkyl halides is 3. The summed E-state index contributed by atoms with van der Waals surface area (Å²) in [6, 6.07) is 9.00. The van der Waals surface area contributed by atoms with Gasteiger partial charge in [0.15, 0.2) is 0 Å². The van der Waals surface area contributed by atoms with Crippen LogP contribution in [0.15, 0.2) is 42.5 Å². The second-order valence-electron chi connectivity index (χ2n) is 6.52. The Bertz CT molecular complexity index is 1090. The fourth-order valence-corrected chi connectivity index (χ4v) is 2.54. The van der Waals surface area contributed by atoms with Crippen LogP contribution in [0.2, 0.25) is 0 Å². The average Bonchev–Trinajstić information content (AvgIpc) is 3.12. The highest BCUT2D eigenvalue weighted by Gasteiger charge is 2.30. The smallest absolute Gasteiger partial charge is 0.308 e. The monoisotopic (exact) mass is 418 g/mol. The third-order valence-electron chi connectivity index (χ3n) is 4.20. The predicted octanol–water partition coefficient (Wildman–Crippen LogP) is 3.32. The molecular weight excluding hydrogens is 401 g/mol. The second-order valence-corrected chi connectivity index (χ2v) is 6.52. The molecule has 3 rings (SSSR count). The maximum Gasteiger partial charge on any atom is 0.416 e. The van der Waals surface area contributed by atoms with Gasteiger partial charge in [0.1, 0.15) is 6.54 Å². The molecule has 0 fully saturated rings. The number of aromatic nitrogens is 4. The molecule has 0 spiro atoms. The first-order valence-electron chi connectivity index (χ1n) is 8.75. The topological polar surface area (TPSA) is 102 Å². The molecular formula is C19H17F3N6O2. The molecule has 0 aliphatic heterocycles. The molecule has 1 aromatic heterocycles. The number of anilines is 1. The second kappa shape index (κ2) is 8.31. The molecule has 11 heteroatoms. The number of hydrogen-bond donors (Lipinski definition) is 2. The quantitative estimate of drug-likeness (QED) is 0.677. The molecule has 3 aromatic rings. The molecule has 2 N–H and O–H groups in total. The number of rotatable bonds is 4. The van der Waals surface area contributed by atoms with Crippen LogP contribution in [-0.4, -0.2) is 32.1 Å². The summed E-state index contributed by atoms with van der Waals surface area (Å²) in [6.07, 6.45) is -4.50. The van der Waals surface area contributed by atoms with Crippen LogP contribution >= 0.6 is 0 Å². The van der Waals surface area contributed by atoms with E-state index in [1.165, 1.54) is 12.1 Å². The van der Waals surface area contributed by atoms with Crippen LogP contribution in [0.3, 0.4) is 0 Å². The highest BCUT2D eigenvalue weighted by atomic mass is 19.4. The summed E-state index contributed by atoms with van der Waals surface area (Å²) in [5.74, 6) is -0.794.